The average Bonchev–Trinajstić information content (AvgIpc) is 3.18. The third-order valence-electron chi connectivity index (χ3n) is 4.98. The third kappa shape index (κ3) is 3.40. The Morgan fingerprint density at radius 1 is 1.11 bits per heavy atom. The molecule has 0 atom stereocenters. The number of rotatable bonds is 3. The first-order valence-electron chi connectivity index (χ1n) is 9.02. The second-order valence-electron chi connectivity index (χ2n) is 6.80. The minimum Gasteiger partial charge on any atom is -0.369 e. The van der Waals surface area contributed by atoms with Crippen molar-refractivity contribution in [3.8, 4) is 0 Å². The number of anilines is 2. The minimum atomic E-state index is -0.462. The number of hydrogen-bond donors (Lipinski definition) is 3. The van der Waals surface area contributed by atoms with Gasteiger partial charge in [-0.25, -0.2) is 4.99 Å². The van der Waals surface area contributed by atoms with Gasteiger partial charge in [0.1, 0.15) is 5.66 Å². The van der Waals surface area contributed by atoms with Gasteiger partial charge in [-0.15, -0.1) is 11.3 Å². The molecule has 2 aliphatic rings. The Balaban J connectivity index is 1.58. The topological polar surface area (TPSA) is 109 Å². The largest absolute Gasteiger partial charge is 0.369 e. The van der Waals surface area contributed by atoms with E-state index in [2.05, 4.69) is 15.3 Å². The van der Waals surface area contributed by atoms with Crippen LogP contribution in [0.4, 0.5) is 11.4 Å². The van der Waals surface area contributed by atoms with E-state index in [0.717, 1.165) is 37.1 Å². The highest BCUT2D eigenvalue weighted by atomic mass is 32.1. The fraction of sp³-hybridized carbons (Fsp3) is 0.316. The zero-order chi connectivity index (χ0) is 18.9. The molecule has 1 saturated carbocycles. The number of nitrogens with two attached hydrogens (primary N) is 2. The van der Waals surface area contributed by atoms with Crippen molar-refractivity contribution in [2.75, 3.05) is 10.2 Å². The van der Waals surface area contributed by atoms with Crippen LogP contribution in [0.5, 0.6) is 0 Å². The summed E-state index contributed by atoms with van der Waals surface area (Å²) in [4.78, 5) is 23.7. The summed E-state index contributed by atoms with van der Waals surface area (Å²) in [5.74, 6) is 0.489. The van der Waals surface area contributed by atoms with Gasteiger partial charge in [0.25, 0.3) is 5.91 Å². The van der Waals surface area contributed by atoms with Crippen molar-refractivity contribution in [1.29, 1.82) is 0 Å². The van der Waals surface area contributed by atoms with Gasteiger partial charge in [-0.1, -0.05) is 12.5 Å². The van der Waals surface area contributed by atoms with Crippen LogP contribution in [-0.2, 0) is 0 Å². The molecule has 1 aliphatic heterocycles. The van der Waals surface area contributed by atoms with Gasteiger partial charge >= 0.3 is 0 Å². The summed E-state index contributed by atoms with van der Waals surface area (Å²) >= 11 is 1.41. The van der Waals surface area contributed by atoms with E-state index in [-0.39, 0.29) is 11.9 Å². The Labute approximate surface area is 161 Å². The molecule has 8 heteroatoms. The molecular weight excluding hydrogens is 360 g/mol. The number of aliphatic imine (C=N–C) groups is 2. The van der Waals surface area contributed by atoms with Crippen molar-refractivity contribution in [2.45, 2.75) is 37.8 Å². The molecule has 1 amide bonds. The van der Waals surface area contributed by atoms with Gasteiger partial charge in [0, 0.05) is 11.4 Å². The van der Waals surface area contributed by atoms with E-state index in [1.807, 2.05) is 40.6 Å². The van der Waals surface area contributed by atoms with E-state index >= 15 is 0 Å². The lowest BCUT2D eigenvalue weighted by molar-refractivity contribution is 0.103. The number of carbonyl (C=O) groups is 1. The maximum Gasteiger partial charge on any atom is 0.265 e. The van der Waals surface area contributed by atoms with E-state index in [9.17, 15) is 4.79 Å². The fourth-order valence-electron chi connectivity index (χ4n) is 3.79. The molecule has 2 aromatic rings. The van der Waals surface area contributed by atoms with Crippen LogP contribution in [0.2, 0.25) is 0 Å². The van der Waals surface area contributed by atoms with E-state index in [1.54, 1.807) is 6.07 Å². The van der Waals surface area contributed by atoms with Gasteiger partial charge in [0.2, 0.25) is 11.9 Å². The molecule has 7 nitrogen and oxygen atoms in total. The predicted molar refractivity (Wildman–Crippen MR) is 110 cm³/mol. The Bertz CT molecular complexity index is 881. The molecule has 1 aromatic carbocycles. The van der Waals surface area contributed by atoms with Gasteiger partial charge in [0.05, 0.1) is 4.88 Å². The van der Waals surface area contributed by atoms with Gasteiger partial charge in [-0.3, -0.25) is 9.69 Å². The van der Waals surface area contributed by atoms with E-state index in [1.165, 1.54) is 17.8 Å². The molecule has 0 unspecified atom stereocenters. The number of nitrogens with one attached hydrogen (secondary N) is 1. The first-order chi connectivity index (χ1) is 13.1. The molecule has 0 bridgehead atoms. The molecule has 1 spiro atoms. The quantitative estimate of drug-likeness (QED) is 0.758. The molecular formula is C19H22N6OS. The number of nitrogens with zero attached hydrogens (tertiary/aromatic N) is 3. The summed E-state index contributed by atoms with van der Waals surface area (Å²) in [6.07, 6.45) is 5.13. The molecule has 2 heterocycles. The molecule has 140 valence electrons. The number of hydrogen-bond acceptors (Lipinski definition) is 7. The zero-order valence-corrected chi connectivity index (χ0v) is 15.7. The molecule has 5 N–H and O–H groups in total. The highest BCUT2D eigenvalue weighted by molar-refractivity contribution is 7.12. The lowest BCUT2D eigenvalue weighted by Crippen LogP contribution is -2.58. The van der Waals surface area contributed by atoms with Crippen LogP contribution >= 0.6 is 11.3 Å². The number of thiophene rings is 1. The first-order valence-corrected chi connectivity index (χ1v) is 9.90. The minimum absolute atomic E-state index is 0.113. The lowest BCUT2D eigenvalue weighted by Gasteiger charge is -2.45. The first kappa shape index (κ1) is 17.5. The Kier molecular flexibility index (Phi) is 4.57. The second-order valence-corrected chi connectivity index (χ2v) is 7.74. The summed E-state index contributed by atoms with van der Waals surface area (Å²) in [6, 6.07) is 11.3. The van der Waals surface area contributed by atoms with Crippen molar-refractivity contribution < 1.29 is 4.79 Å². The summed E-state index contributed by atoms with van der Waals surface area (Å²) in [5.41, 5.74) is 13.3. The Morgan fingerprint density at radius 3 is 2.52 bits per heavy atom. The zero-order valence-electron chi connectivity index (χ0n) is 14.9. The predicted octanol–water partition coefficient (Wildman–Crippen LogP) is 3.11. The summed E-state index contributed by atoms with van der Waals surface area (Å²) in [6.45, 7) is 0. The summed E-state index contributed by atoms with van der Waals surface area (Å²) in [7, 11) is 0. The van der Waals surface area contributed by atoms with Crippen molar-refractivity contribution in [2.24, 2.45) is 21.5 Å². The molecule has 0 saturated heterocycles. The molecule has 1 fully saturated rings. The SMILES string of the molecule is NC1=NC2(CCCCC2)N(c2ccc(NC(=O)c3cccs3)cc2)C(N)=N1. The monoisotopic (exact) mass is 382 g/mol. The van der Waals surface area contributed by atoms with Gasteiger partial charge in [-0.05, 0) is 61.4 Å². The fourth-order valence-corrected chi connectivity index (χ4v) is 4.41. The van der Waals surface area contributed by atoms with Crippen LogP contribution in [0.15, 0.2) is 51.8 Å². The number of amides is 1. The highest BCUT2D eigenvalue weighted by Crippen LogP contribution is 2.39. The highest BCUT2D eigenvalue weighted by Gasteiger charge is 2.42. The second kappa shape index (κ2) is 7.03. The van der Waals surface area contributed by atoms with Crippen molar-refractivity contribution >= 4 is 40.5 Å². The van der Waals surface area contributed by atoms with Crippen molar-refractivity contribution in [1.82, 2.24) is 0 Å². The van der Waals surface area contributed by atoms with Gasteiger partial charge in [-0.2, -0.15) is 4.99 Å². The molecule has 27 heavy (non-hydrogen) atoms. The number of benzene rings is 1. The van der Waals surface area contributed by atoms with Crippen LogP contribution in [0.3, 0.4) is 0 Å². The molecule has 4 rings (SSSR count). The van der Waals surface area contributed by atoms with Crippen LogP contribution < -0.4 is 21.7 Å². The van der Waals surface area contributed by atoms with Gasteiger partial charge < -0.3 is 16.8 Å². The van der Waals surface area contributed by atoms with Crippen LogP contribution in [0, 0.1) is 0 Å². The molecule has 1 aliphatic carbocycles. The smallest absolute Gasteiger partial charge is 0.265 e. The Morgan fingerprint density at radius 2 is 1.85 bits per heavy atom. The molecule has 1 aromatic heterocycles. The lowest BCUT2D eigenvalue weighted by atomic mass is 9.87. The van der Waals surface area contributed by atoms with Gasteiger partial charge in [0.15, 0.2) is 0 Å². The maximum absolute atomic E-state index is 12.2. The molecule has 0 radical (unpaired) electrons. The average molecular weight is 382 g/mol. The van der Waals surface area contributed by atoms with E-state index < -0.39 is 5.66 Å². The van der Waals surface area contributed by atoms with Crippen LogP contribution in [0.25, 0.3) is 0 Å². The number of carbonyl (C=O) groups excluding carboxylic acids is 1. The third-order valence-corrected chi connectivity index (χ3v) is 5.85. The summed E-state index contributed by atoms with van der Waals surface area (Å²) < 4.78 is 0. The summed E-state index contributed by atoms with van der Waals surface area (Å²) in [5, 5.41) is 4.79. The van der Waals surface area contributed by atoms with E-state index in [4.69, 9.17) is 11.5 Å². The standard InChI is InChI=1S/C19H22N6OS/c20-17-23-18(21)25(19(24-17)10-2-1-3-11-19)14-8-6-13(7-9-14)22-16(26)15-5-4-12-27-15/h4-9,12H,1-3,10-11H2,(H,22,26)(H4,20,21,23,24). The maximum atomic E-state index is 12.2. The van der Waals surface area contributed by atoms with Crippen molar-refractivity contribution in [3.05, 3.63) is 46.7 Å². The Hall–Kier alpha value is -2.87. The normalized spacial score (nSPS) is 18.7. The van der Waals surface area contributed by atoms with Crippen LogP contribution in [0.1, 0.15) is 41.8 Å². The van der Waals surface area contributed by atoms with E-state index in [0.29, 0.717) is 10.8 Å². The van der Waals surface area contributed by atoms with Crippen molar-refractivity contribution in [3.63, 3.8) is 0 Å². The van der Waals surface area contributed by atoms with Crippen LogP contribution in [-0.4, -0.2) is 23.5 Å². The number of guanidine groups is 2.